The normalized spacial score (nSPS) is 42.4. The maximum Gasteiger partial charge on any atom is 0.0713 e. The maximum atomic E-state index is 6.26. The van der Waals surface area contributed by atoms with Crippen LogP contribution < -0.4 is 5.32 Å². The molecule has 1 N–H and O–H groups in total. The fourth-order valence-corrected chi connectivity index (χ4v) is 3.07. The zero-order chi connectivity index (χ0) is 10.0. The number of hydrogen-bond donors (Lipinski definition) is 1. The minimum Gasteiger partial charge on any atom is -0.370 e. The third kappa shape index (κ3) is 1.82. The Morgan fingerprint density at radius 2 is 2.21 bits per heavy atom. The molecule has 1 aliphatic heterocycles. The molecular weight excluding hydrogens is 174 g/mol. The molecule has 2 heteroatoms. The van der Waals surface area contributed by atoms with Crippen molar-refractivity contribution in [1.29, 1.82) is 0 Å². The van der Waals surface area contributed by atoms with Crippen LogP contribution in [0.4, 0.5) is 0 Å². The predicted molar refractivity (Wildman–Crippen MR) is 58.4 cm³/mol. The van der Waals surface area contributed by atoms with Crippen molar-refractivity contribution in [2.75, 3.05) is 13.1 Å². The zero-order valence-electron chi connectivity index (χ0n) is 9.51. The van der Waals surface area contributed by atoms with E-state index in [-0.39, 0.29) is 5.60 Å². The Morgan fingerprint density at radius 1 is 1.36 bits per heavy atom. The summed E-state index contributed by atoms with van der Waals surface area (Å²) in [5.41, 5.74) is 0.278. The SMILES string of the molecule is CCNCC1CCC2(CCCC2C)O1. The molecular formula is C12H23NO. The molecule has 0 aromatic rings. The minimum absolute atomic E-state index is 0.278. The summed E-state index contributed by atoms with van der Waals surface area (Å²) in [6.07, 6.45) is 7.08. The van der Waals surface area contributed by atoms with Gasteiger partial charge in [0.05, 0.1) is 11.7 Å². The van der Waals surface area contributed by atoms with Gasteiger partial charge in [-0.3, -0.25) is 0 Å². The van der Waals surface area contributed by atoms with Crippen molar-refractivity contribution in [3.05, 3.63) is 0 Å². The average Bonchev–Trinajstić information content (AvgIpc) is 2.74. The number of hydrogen-bond acceptors (Lipinski definition) is 2. The monoisotopic (exact) mass is 197 g/mol. The molecule has 14 heavy (non-hydrogen) atoms. The fourth-order valence-electron chi connectivity index (χ4n) is 3.07. The molecule has 0 bridgehead atoms. The van der Waals surface area contributed by atoms with E-state index in [4.69, 9.17) is 4.74 Å². The fraction of sp³-hybridized carbons (Fsp3) is 1.00. The van der Waals surface area contributed by atoms with Crippen molar-refractivity contribution in [3.63, 3.8) is 0 Å². The maximum absolute atomic E-state index is 6.26. The van der Waals surface area contributed by atoms with E-state index in [1.165, 1.54) is 32.1 Å². The van der Waals surface area contributed by atoms with E-state index in [1.54, 1.807) is 0 Å². The molecule has 0 aromatic heterocycles. The second kappa shape index (κ2) is 4.19. The lowest BCUT2D eigenvalue weighted by molar-refractivity contribution is -0.0602. The van der Waals surface area contributed by atoms with Gasteiger partial charge in [0.25, 0.3) is 0 Å². The lowest BCUT2D eigenvalue weighted by Gasteiger charge is -2.29. The van der Waals surface area contributed by atoms with E-state index in [9.17, 15) is 0 Å². The Labute approximate surface area is 87.4 Å². The van der Waals surface area contributed by atoms with Crippen LogP contribution >= 0.6 is 0 Å². The first-order valence-corrected chi connectivity index (χ1v) is 6.15. The molecule has 1 spiro atoms. The highest BCUT2D eigenvalue weighted by atomic mass is 16.5. The van der Waals surface area contributed by atoms with E-state index in [0.717, 1.165) is 19.0 Å². The molecule has 1 heterocycles. The van der Waals surface area contributed by atoms with Crippen molar-refractivity contribution in [2.45, 2.75) is 57.7 Å². The van der Waals surface area contributed by atoms with Crippen LogP contribution in [0.2, 0.25) is 0 Å². The second-order valence-corrected chi connectivity index (χ2v) is 4.94. The summed E-state index contributed by atoms with van der Waals surface area (Å²) in [5.74, 6) is 0.786. The van der Waals surface area contributed by atoms with Gasteiger partial charge in [-0.05, 0) is 38.1 Å². The van der Waals surface area contributed by atoms with Crippen LogP contribution in [0.1, 0.15) is 46.0 Å². The van der Waals surface area contributed by atoms with Crippen molar-refractivity contribution in [3.8, 4) is 0 Å². The van der Waals surface area contributed by atoms with Crippen LogP contribution in [-0.4, -0.2) is 24.8 Å². The molecule has 3 unspecified atom stereocenters. The quantitative estimate of drug-likeness (QED) is 0.750. The topological polar surface area (TPSA) is 21.3 Å². The standard InChI is InChI=1S/C12H23NO/c1-3-13-9-11-6-8-12(14-11)7-4-5-10(12)2/h10-11,13H,3-9H2,1-2H3. The molecule has 2 aliphatic rings. The first-order valence-electron chi connectivity index (χ1n) is 6.15. The van der Waals surface area contributed by atoms with Crippen LogP contribution in [0.5, 0.6) is 0 Å². The van der Waals surface area contributed by atoms with E-state index < -0.39 is 0 Å². The van der Waals surface area contributed by atoms with Crippen LogP contribution in [0.25, 0.3) is 0 Å². The molecule has 0 radical (unpaired) electrons. The van der Waals surface area contributed by atoms with Gasteiger partial charge in [-0.15, -0.1) is 0 Å². The van der Waals surface area contributed by atoms with E-state index >= 15 is 0 Å². The van der Waals surface area contributed by atoms with Crippen LogP contribution in [0, 0.1) is 5.92 Å². The van der Waals surface area contributed by atoms with Crippen LogP contribution in [-0.2, 0) is 4.74 Å². The zero-order valence-corrected chi connectivity index (χ0v) is 9.51. The molecule has 82 valence electrons. The largest absolute Gasteiger partial charge is 0.370 e. The Hall–Kier alpha value is -0.0800. The van der Waals surface area contributed by atoms with Crippen molar-refractivity contribution in [1.82, 2.24) is 5.32 Å². The van der Waals surface area contributed by atoms with Crippen molar-refractivity contribution < 1.29 is 4.74 Å². The van der Waals surface area contributed by atoms with E-state index in [0.29, 0.717) is 6.10 Å². The molecule has 1 saturated heterocycles. The Bertz CT molecular complexity index is 195. The average molecular weight is 197 g/mol. The summed E-state index contributed by atoms with van der Waals surface area (Å²) in [7, 11) is 0. The third-order valence-electron chi connectivity index (χ3n) is 4.05. The Morgan fingerprint density at radius 3 is 2.86 bits per heavy atom. The van der Waals surface area contributed by atoms with Gasteiger partial charge in [0.1, 0.15) is 0 Å². The molecule has 1 aliphatic carbocycles. The van der Waals surface area contributed by atoms with Gasteiger partial charge in [0, 0.05) is 6.54 Å². The minimum atomic E-state index is 0.278. The number of likely N-dealkylation sites (N-methyl/N-ethyl adjacent to an activating group) is 1. The summed E-state index contributed by atoms with van der Waals surface area (Å²) in [6.45, 7) is 6.62. The molecule has 1 saturated carbocycles. The third-order valence-corrected chi connectivity index (χ3v) is 4.05. The van der Waals surface area contributed by atoms with Gasteiger partial charge >= 0.3 is 0 Å². The predicted octanol–water partition coefficient (Wildman–Crippen LogP) is 2.33. The molecule has 3 atom stereocenters. The Kier molecular flexibility index (Phi) is 3.13. The van der Waals surface area contributed by atoms with Gasteiger partial charge in [0.15, 0.2) is 0 Å². The highest BCUT2D eigenvalue weighted by Gasteiger charge is 2.46. The Balaban J connectivity index is 1.87. The van der Waals surface area contributed by atoms with Crippen molar-refractivity contribution in [2.24, 2.45) is 5.92 Å². The summed E-state index contributed by atoms with van der Waals surface area (Å²) in [4.78, 5) is 0. The first kappa shape index (κ1) is 10.4. The molecule has 2 rings (SSSR count). The van der Waals surface area contributed by atoms with E-state index in [1.807, 2.05) is 0 Å². The van der Waals surface area contributed by atoms with Crippen LogP contribution in [0.3, 0.4) is 0 Å². The first-order chi connectivity index (χ1) is 6.77. The second-order valence-electron chi connectivity index (χ2n) is 4.94. The van der Waals surface area contributed by atoms with Gasteiger partial charge in [0.2, 0.25) is 0 Å². The molecule has 2 nitrogen and oxygen atoms in total. The highest BCUT2D eigenvalue weighted by Crippen LogP contribution is 2.46. The number of nitrogens with one attached hydrogen (secondary N) is 1. The summed E-state index contributed by atoms with van der Waals surface area (Å²) in [6, 6.07) is 0. The molecule has 2 fully saturated rings. The smallest absolute Gasteiger partial charge is 0.0713 e. The van der Waals surface area contributed by atoms with Crippen LogP contribution in [0.15, 0.2) is 0 Å². The molecule has 0 amide bonds. The van der Waals surface area contributed by atoms with Gasteiger partial charge in [-0.2, -0.15) is 0 Å². The number of ether oxygens (including phenoxy) is 1. The number of rotatable bonds is 3. The lowest BCUT2D eigenvalue weighted by atomic mass is 9.89. The van der Waals surface area contributed by atoms with Gasteiger partial charge in [-0.25, -0.2) is 0 Å². The molecule has 0 aromatic carbocycles. The van der Waals surface area contributed by atoms with Gasteiger partial charge < -0.3 is 10.1 Å². The summed E-state index contributed by atoms with van der Waals surface area (Å²) >= 11 is 0. The summed E-state index contributed by atoms with van der Waals surface area (Å²) in [5, 5.41) is 3.39. The highest BCUT2D eigenvalue weighted by molar-refractivity contribution is 4.97. The van der Waals surface area contributed by atoms with E-state index in [2.05, 4.69) is 19.2 Å². The van der Waals surface area contributed by atoms with Crippen molar-refractivity contribution >= 4 is 0 Å². The lowest BCUT2D eigenvalue weighted by Crippen LogP contribution is -2.34. The van der Waals surface area contributed by atoms with Gasteiger partial charge in [-0.1, -0.05) is 20.3 Å². The summed E-state index contributed by atoms with van der Waals surface area (Å²) < 4.78 is 6.26.